The molecule has 0 fully saturated rings. The van der Waals surface area contributed by atoms with Gasteiger partial charge in [0.25, 0.3) is 5.91 Å². The average Bonchev–Trinajstić information content (AvgIpc) is 2.76. The summed E-state index contributed by atoms with van der Waals surface area (Å²) in [5.41, 5.74) is 3.03. The Labute approximate surface area is 189 Å². The minimum Gasteiger partial charge on any atom is -0.483 e. The fourth-order valence-electron chi connectivity index (χ4n) is 2.32. The first-order valence-electron chi connectivity index (χ1n) is 9.49. The molecular weight excluding hydrogens is 443 g/mol. The van der Waals surface area contributed by atoms with Crippen molar-refractivity contribution in [3.63, 3.8) is 0 Å². The zero-order valence-electron chi connectivity index (χ0n) is 16.8. The van der Waals surface area contributed by atoms with Gasteiger partial charge in [-0.2, -0.15) is 5.10 Å². The second kappa shape index (κ2) is 12.6. The Kier molecular flexibility index (Phi) is 9.80. The molecule has 3 N–H and O–H groups in total. The summed E-state index contributed by atoms with van der Waals surface area (Å²) in [6.45, 7) is 2.11. The lowest BCUT2D eigenvalue weighted by Gasteiger charge is -2.11. The lowest BCUT2D eigenvalue weighted by molar-refractivity contribution is -0.139. The predicted molar refractivity (Wildman–Crippen MR) is 121 cm³/mol. The van der Waals surface area contributed by atoms with Crippen molar-refractivity contribution >= 4 is 52.8 Å². The van der Waals surface area contributed by atoms with Gasteiger partial charge in [0.05, 0.1) is 21.9 Å². The molecule has 0 bridgehead atoms. The van der Waals surface area contributed by atoms with Gasteiger partial charge in [-0.1, -0.05) is 54.7 Å². The van der Waals surface area contributed by atoms with Crippen LogP contribution in [0.4, 0.5) is 5.69 Å². The van der Waals surface area contributed by atoms with Crippen LogP contribution in [0, 0.1) is 0 Å². The summed E-state index contributed by atoms with van der Waals surface area (Å²) < 4.78 is 5.54. The number of benzene rings is 2. The number of ether oxygens (including phenoxy) is 1. The number of unbranched alkanes of at least 4 members (excludes halogenated alkanes) is 1. The highest BCUT2D eigenvalue weighted by molar-refractivity contribution is 6.44. The molecule has 0 radical (unpaired) electrons. The van der Waals surface area contributed by atoms with Crippen molar-refractivity contribution in [1.29, 1.82) is 0 Å². The molecule has 164 valence electrons. The van der Waals surface area contributed by atoms with E-state index in [9.17, 15) is 14.4 Å². The predicted octanol–water partition coefficient (Wildman–Crippen LogP) is 3.38. The van der Waals surface area contributed by atoms with Crippen LogP contribution in [-0.4, -0.2) is 37.1 Å². The number of para-hydroxylation sites is 1. The molecule has 2 aromatic carbocycles. The molecule has 0 aliphatic rings. The molecule has 0 aliphatic heterocycles. The van der Waals surface area contributed by atoms with Gasteiger partial charge in [0.15, 0.2) is 6.61 Å². The van der Waals surface area contributed by atoms with Gasteiger partial charge in [-0.15, -0.1) is 0 Å². The van der Waals surface area contributed by atoms with Gasteiger partial charge in [0.2, 0.25) is 0 Å². The van der Waals surface area contributed by atoms with Crippen molar-refractivity contribution in [1.82, 2.24) is 10.7 Å². The topological polar surface area (TPSA) is 109 Å². The number of amides is 3. The zero-order valence-corrected chi connectivity index (χ0v) is 18.3. The molecule has 10 heteroatoms. The van der Waals surface area contributed by atoms with Crippen molar-refractivity contribution in [2.24, 2.45) is 5.10 Å². The zero-order chi connectivity index (χ0) is 22.6. The van der Waals surface area contributed by atoms with Crippen LogP contribution in [0.3, 0.4) is 0 Å². The average molecular weight is 465 g/mol. The van der Waals surface area contributed by atoms with Crippen LogP contribution in [0.1, 0.15) is 25.3 Å². The Morgan fingerprint density at radius 2 is 1.84 bits per heavy atom. The molecule has 2 rings (SSSR count). The monoisotopic (exact) mass is 464 g/mol. The lowest BCUT2D eigenvalue weighted by atomic mass is 10.2. The number of carbonyl (C=O) groups excluding carboxylic acids is 3. The molecule has 0 aliphatic carbocycles. The maximum atomic E-state index is 12.2. The lowest BCUT2D eigenvalue weighted by Crippen LogP contribution is -2.38. The summed E-state index contributed by atoms with van der Waals surface area (Å²) in [7, 11) is 0. The summed E-state index contributed by atoms with van der Waals surface area (Å²) in [4.78, 5) is 35.5. The molecule has 0 unspecified atom stereocenters. The highest BCUT2D eigenvalue weighted by atomic mass is 35.5. The minimum atomic E-state index is -0.872. The van der Waals surface area contributed by atoms with Crippen LogP contribution >= 0.6 is 23.2 Å². The summed E-state index contributed by atoms with van der Waals surface area (Å²) >= 11 is 12.0. The normalized spacial score (nSPS) is 10.5. The Balaban J connectivity index is 1.90. The third-order valence-corrected chi connectivity index (χ3v) is 4.71. The molecular formula is C21H22Cl2N4O4. The smallest absolute Gasteiger partial charge is 0.329 e. The molecule has 0 spiro atoms. The van der Waals surface area contributed by atoms with E-state index in [4.69, 9.17) is 27.9 Å². The number of rotatable bonds is 9. The number of nitrogens with one attached hydrogen (secondary N) is 3. The molecule has 0 saturated heterocycles. The number of anilines is 1. The number of carbonyl (C=O) groups is 3. The molecule has 2 aromatic rings. The summed E-state index contributed by atoms with van der Waals surface area (Å²) in [5.74, 6) is -1.71. The van der Waals surface area contributed by atoms with Crippen molar-refractivity contribution in [3.05, 3.63) is 58.1 Å². The summed E-state index contributed by atoms with van der Waals surface area (Å²) in [6, 6.07) is 11.7. The van der Waals surface area contributed by atoms with E-state index in [1.807, 2.05) is 6.92 Å². The van der Waals surface area contributed by atoms with Gasteiger partial charge in [-0.25, -0.2) is 5.43 Å². The first-order valence-corrected chi connectivity index (χ1v) is 10.2. The molecule has 0 heterocycles. The standard InChI is InChI=1S/C21H22Cl2N4O4/c1-2-3-11-24-20(29)21(30)27-25-12-14-7-4-5-10-17(14)31-13-18(28)26-16-9-6-8-15(22)19(16)23/h4-10,12H,2-3,11,13H2,1H3,(H,24,29)(H,26,28)(H,27,30)/b25-12-. The summed E-state index contributed by atoms with van der Waals surface area (Å²) in [6.07, 6.45) is 3.00. The van der Waals surface area contributed by atoms with Crippen molar-refractivity contribution in [2.75, 3.05) is 18.5 Å². The number of hydrogen-bond acceptors (Lipinski definition) is 5. The third kappa shape index (κ3) is 7.92. The summed E-state index contributed by atoms with van der Waals surface area (Å²) in [5, 5.41) is 9.44. The second-order valence-electron chi connectivity index (χ2n) is 6.28. The van der Waals surface area contributed by atoms with Crippen molar-refractivity contribution in [2.45, 2.75) is 19.8 Å². The molecule has 0 saturated carbocycles. The van der Waals surface area contributed by atoms with Crippen LogP contribution in [0.25, 0.3) is 0 Å². The van der Waals surface area contributed by atoms with Gasteiger partial charge in [0, 0.05) is 12.1 Å². The fourth-order valence-corrected chi connectivity index (χ4v) is 2.67. The van der Waals surface area contributed by atoms with E-state index in [0.717, 1.165) is 12.8 Å². The molecule has 31 heavy (non-hydrogen) atoms. The maximum absolute atomic E-state index is 12.2. The SMILES string of the molecule is CCCCNC(=O)C(=O)N/N=C\c1ccccc1OCC(=O)Nc1cccc(Cl)c1Cl. The van der Waals surface area contributed by atoms with E-state index in [-0.39, 0.29) is 11.6 Å². The van der Waals surface area contributed by atoms with Gasteiger partial charge in [-0.3, -0.25) is 14.4 Å². The van der Waals surface area contributed by atoms with Crippen molar-refractivity contribution < 1.29 is 19.1 Å². The Morgan fingerprint density at radius 1 is 1.06 bits per heavy atom. The highest BCUT2D eigenvalue weighted by Gasteiger charge is 2.12. The Hall–Kier alpha value is -3.10. The molecule has 0 aromatic heterocycles. The number of nitrogens with zero attached hydrogens (tertiary/aromatic N) is 1. The fraction of sp³-hybridized carbons (Fsp3) is 0.238. The Morgan fingerprint density at radius 3 is 2.61 bits per heavy atom. The molecule has 0 atom stereocenters. The first-order chi connectivity index (χ1) is 14.9. The van der Waals surface area contributed by atoms with E-state index in [0.29, 0.717) is 28.6 Å². The van der Waals surface area contributed by atoms with E-state index in [1.54, 1.807) is 42.5 Å². The van der Waals surface area contributed by atoms with Gasteiger partial charge >= 0.3 is 11.8 Å². The van der Waals surface area contributed by atoms with E-state index in [1.165, 1.54) is 6.21 Å². The van der Waals surface area contributed by atoms with Crippen LogP contribution in [0.2, 0.25) is 10.0 Å². The third-order valence-electron chi connectivity index (χ3n) is 3.90. The second-order valence-corrected chi connectivity index (χ2v) is 7.07. The number of halogens is 2. The van der Waals surface area contributed by atoms with Gasteiger partial charge < -0.3 is 15.4 Å². The van der Waals surface area contributed by atoms with Crippen LogP contribution in [0.5, 0.6) is 5.75 Å². The van der Waals surface area contributed by atoms with E-state index >= 15 is 0 Å². The number of hydrogen-bond donors (Lipinski definition) is 3. The highest BCUT2D eigenvalue weighted by Crippen LogP contribution is 2.29. The minimum absolute atomic E-state index is 0.236. The van der Waals surface area contributed by atoms with E-state index in [2.05, 4.69) is 21.2 Å². The quantitative estimate of drug-likeness (QED) is 0.228. The largest absolute Gasteiger partial charge is 0.483 e. The van der Waals surface area contributed by atoms with Crippen molar-refractivity contribution in [3.8, 4) is 5.75 Å². The van der Waals surface area contributed by atoms with Gasteiger partial charge in [0.1, 0.15) is 5.75 Å². The maximum Gasteiger partial charge on any atom is 0.329 e. The Bertz CT molecular complexity index is 966. The van der Waals surface area contributed by atoms with Crippen LogP contribution in [-0.2, 0) is 14.4 Å². The first kappa shape index (κ1) is 24.2. The number of hydrazone groups is 1. The molecule has 3 amide bonds. The van der Waals surface area contributed by atoms with E-state index < -0.39 is 17.7 Å². The van der Waals surface area contributed by atoms with Crippen LogP contribution in [0.15, 0.2) is 47.6 Å². The van der Waals surface area contributed by atoms with Crippen LogP contribution < -0.4 is 20.8 Å². The molecule has 8 nitrogen and oxygen atoms in total. The van der Waals surface area contributed by atoms with Gasteiger partial charge in [-0.05, 0) is 30.7 Å².